The molecule has 0 heterocycles. The monoisotopic (exact) mass is 361 g/mol. The van der Waals surface area contributed by atoms with Crippen LogP contribution in [-0.4, -0.2) is 6.61 Å². The predicted molar refractivity (Wildman–Crippen MR) is 90.2 cm³/mol. The van der Waals surface area contributed by atoms with Crippen molar-refractivity contribution in [2.75, 3.05) is 6.61 Å². The molecule has 0 aliphatic carbocycles. The van der Waals surface area contributed by atoms with E-state index in [9.17, 15) is 5.26 Å². The Morgan fingerprint density at radius 3 is 2.62 bits per heavy atom. The van der Waals surface area contributed by atoms with Gasteiger partial charge in [0.25, 0.3) is 0 Å². The zero-order valence-corrected chi connectivity index (χ0v) is 13.8. The molecule has 0 radical (unpaired) electrons. The first-order chi connectivity index (χ1) is 10.1. The SMILES string of the molecule is CCOc1ccc(Br)cc1/C=C(\C#N)c1ccc(Cl)cc1. The average molecular weight is 363 g/mol. The maximum atomic E-state index is 9.40. The summed E-state index contributed by atoms with van der Waals surface area (Å²) in [6.07, 6.45) is 1.82. The quantitative estimate of drug-likeness (QED) is 0.526. The Hall–Kier alpha value is -1.76. The number of nitriles is 1. The molecule has 2 aromatic rings. The summed E-state index contributed by atoms with van der Waals surface area (Å²) in [6.45, 7) is 2.51. The van der Waals surface area contributed by atoms with E-state index < -0.39 is 0 Å². The van der Waals surface area contributed by atoms with Crippen LogP contribution in [0.5, 0.6) is 5.75 Å². The second-order valence-electron chi connectivity index (χ2n) is 4.29. The first kappa shape index (κ1) is 15.6. The number of ether oxygens (including phenoxy) is 1. The largest absolute Gasteiger partial charge is 0.493 e. The fourth-order valence-corrected chi connectivity index (χ4v) is 2.39. The van der Waals surface area contributed by atoms with E-state index >= 15 is 0 Å². The predicted octanol–water partition coefficient (Wildman–Crippen LogP) is 5.57. The lowest BCUT2D eigenvalue weighted by molar-refractivity contribution is 0.339. The molecule has 106 valence electrons. The maximum Gasteiger partial charge on any atom is 0.126 e. The van der Waals surface area contributed by atoms with Crippen LogP contribution in [0.2, 0.25) is 5.02 Å². The highest BCUT2D eigenvalue weighted by Gasteiger charge is 2.06. The van der Waals surface area contributed by atoms with E-state index in [1.54, 1.807) is 12.1 Å². The van der Waals surface area contributed by atoms with Gasteiger partial charge in [-0.2, -0.15) is 5.26 Å². The van der Waals surface area contributed by atoms with Crippen LogP contribution in [-0.2, 0) is 0 Å². The Morgan fingerprint density at radius 1 is 1.29 bits per heavy atom. The second kappa shape index (κ2) is 7.31. The van der Waals surface area contributed by atoms with Crippen molar-refractivity contribution in [3.63, 3.8) is 0 Å². The number of allylic oxidation sites excluding steroid dienone is 1. The third-order valence-electron chi connectivity index (χ3n) is 2.85. The molecule has 0 spiro atoms. The number of rotatable bonds is 4. The van der Waals surface area contributed by atoms with Gasteiger partial charge in [0.15, 0.2) is 0 Å². The van der Waals surface area contributed by atoms with Crippen LogP contribution in [0.15, 0.2) is 46.9 Å². The molecule has 2 aromatic carbocycles. The topological polar surface area (TPSA) is 33.0 Å². The van der Waals surface area contributed by atoms with E-state index in [4.69, 9.17) is 16.3 Å². The molecule has 0 aromatic heterocycles. The molecule has 2 nitrogen and oxygen atoms in total. The first-order valence-corrected chi connectivity index (χ1v) is 7.61. The smallest absolute Gasteiger partial charge is 0.126 e. The van der Waals surface area contributed by atoms with Crippen molar-refractivity contribution in [3.8, 4) is 11.8 Å². The van der Waals surface area contributed by atoms with Gasteiger partial charge in [0, 0.05) is 15.1 Å². The van der Waals surface area contributed by atoms with Gasteiger partial charge in [-0.05, 0) is 48.9 Å². The summed E-state index contributed by atoms with van der Waals surface area (Å²) in [5.74, 6) is 0.752. The lowest BCUT2D eigenvalue weighted by Gasteiger charge is -2.08. The van der Waals surface area contributed by atoms with Crippen LogP contribution in [0, 0.1) is 11.3 Å². The molecule has 0 aliphatic rings. The molecule has 0 fully saturated rings. The number of hydrogen-bond acceptors (Lipinski definition) is 2. The lowest BCUT2D eigenvalue weighted by atomic mass is 10.0. The van der Waals surface area contributed by atoms with Gasteiger partial charge in [-0.25, -0.2) is 0 Å². The Kier molecular flexibility index (Phi) is 5.44. The Balaban J connectivity index is 2.47. The third-order valence-corrected chi connectivity index (χ3v) is 3.59. The number of halogens is 2. The molecule has 2 rings (SSSR count). The molecule has 0 unspecified atom stereocenters. The van der Waals surface area contributed by atoms with Crippen molar-refractivity contribution >= 4 is 39.2 Å². The summed E-state index contributed by atoms with van der Waals surface area (Å²) < 4.78 is 6.53. The minimum absolute atomic E-state index is 0.561. The molecule has 4 heteroatoms. The van der Waals surface area contributed by atoms with Crippen molar-refractivity contribution in [1.82, 2.24) is 0 Å². The van der Waals surface area contributed by atoms with Gasteiger partial charge >= 0.3 is 0 Å². The minimum Gasteiger partial charge on any atom is -0.493 e. The third kappa shape index (κ3) is 4.10. The van der Waals surface area contributed by atoms with E-state index in [0.717, 1.165) is 21.3 Å². The molecule has 0 saturated carbocycles. The Morgan fingerprint density at radius 2 is 2.00 bits per heavy atom. The Bertz CT molecular complexity index is 702. The van der Waals surface area contributed by atoms with Gasteiger partial charge in [0.2, 0.25) is 0 Å². The zero-order chi connectivity index (χ0) is 15.2. The second-order valence-corrected chi connectivity index (χ2v) is 5.64. The fraction of sp³-hybridized carbons (Fsp3) is 0.118. The van der Waals surface area contributed by atoms with Gasteiger partial charge in [0.05, 0.1) is 18.2 Å². The van der Waals surface area contributed by atoms with Gasteiger partial charge in [-0.15, -0.1) is 0 Å². The molecule has 0 atom stereocenters. The normalized spacial score (nSPS) is 11.0. The van der Waals surface area contributed by atoms with Gasteiger partial charge in [-0.1, -0.05) is 39.7 Å². The summed E-state index contributed by atoms with van der Waals surface area (Å²) >= 11 is 9.32. The van der Waals surface area contributed by atoms with Crippen LogP contribution < -0.4 is 4.74 Å². The number of nitrogens with zero attached hydrogens (tertiary/aromatic N) is 1. The van der Waals surface area contributed by atoms with E-state index in [2.05, 4.69) is 22.0 Å². The van der Waals surface area contributed by atoms with Crippen molar-refractivity contribution in [2.24, 2.45) is 0 Å². The molecule has 0 saturated heterocycles. The average Bonchev–Trinajstić information content (AvgIpc) is 2.48. The van der Waals surface area contributed by atoms with Crippen LogP contribution >= 0.6 is 27.5 Å². The standard InChI is InChI=1S/C17H13BrClNO/c1-2-21-17-8-5-15(18)10-13(17)9-14(11-20)12-3-6-16(19)7-4-12/h3-10H,2H2,1H3/b14-9+. The van der Waals surface area contributed by atoms with Crippen molar-refractivity contribution < 1.29 is 4.74 Å². The molecule has 0 N–H and O–H groups in total. The molecule has 0 aliphatic heterocycles. The van der Waals surface area contributed by atoms with Crippen LogP contribution in [0.4, 0.5) is 0 Å². The summed E-state index contributed by atoms with van der Waals surface area (Å²) in [7, 11) is 0. The van der Waals surface area contributed by atoms with Gasteiger partial charge in [0.1, 0.15) is 5.75 Å². The van der Waals surface area contributed by atoms with Crippen molar-refractivity contribution in [1.29, 1.82) is 5.26 Å². The van der Waals surface area contributed by atoms with E-state index in [1.165, 1.54) is 0 Å². The molecule has 0 amide bonds. The summed E-state index contributed by atoms with van der Waals surface area (Å²) in [4.78, 5) is 0. The number of benzene rings is 2. The van der Waals surface area contributed by atoms with E-state index in [1.807, 2.05) is 43.3 Å². The maximum absolute atomic E-state index is 9.40. The zero-order valence-electron chi connectivity index (χ0n) is 11.4. The lowest BCUT2D eigenvalue weighted by Crippen LogP contribution is -1.94. The fourth-order valence-electron chi connectivity index (χ4n) is 1.88. The van der Waals surface area contributed by atoms with Gasteiger partial charge in [-0.3, -0.25) is 0 Å². The van der Waals surface area contributed by atoms with Crippen molar-refractivity contribution in [2.45, 2.75) is 6.92 Å². The minimum atomic E-state index is 0.561. The van der Waals surface area contributed by atoms with Crippen LogP contribution in [0.3, 0.4) is 0 Å². The van der Waals surface area contributed by atoms with Crippen molar-refractivity contribution in [3.05, 3.63) is 63.1 Å². The Labute approximate surface area is 137 Å². The van der Waals surface area contributed by atoms with E-state index in [0.29, 0.717) is 17.2 Å². The highest BCUT2D eigenvalue weighted by molar-refractivity contribution is 9.10. The summed E-state index contributed by atoms with van der Waals surface area (Å²) in [6, 6.07) is 15.1. The van der Waals surface area contributed by atoms with Gasteiger partial charge < -0.3 is 4.74 Å². The molecule has 21 heavy (non-hydrogen) atoms. The molecular formula is C17H13BrClNO. The summed E-state index contributed by atoms with van der Waals surface area (Å²) in [5.41, 5.74) is 2.24. The highest BCUT2D eigenvalue weighted by Crippen LogP contribution is 2.28. The number of hydrogen-bond donors (Lipinski definition) is 0. The molecular weight excluding hydrogens is 350 g/mol. The van der Waals surface area contributed by atoms with E-state index in [-0.39, 0.29) is 0 Å². The summed E-state index contributed by atoms with van der Waals surface area (Å²) in [5, 5.41) is 10.0. The van der Waals surface area contributed by atoms with Crippen LogP contribution in [0.1, 0.15) is 18.1 Å². The van der Waals surface area contributed by atoms with Crippen LogP contribution in [0.25, 0.3) is 11.6 Å². The first-order valence-electron chi connectivity index (χ1n) is 6.44. The highest BCUT2D eigenvalue weighted by atomic mass is 79.9. The molecule has 0 bridgehead atoms.